The first-order valence-electron chi connectivity index (χ1n) is 10.8. The first kappa shape index (κ1) is 24.7. The normalized spacial score (nSPS) is 11.2. The fraction of sp³-hybridized carbons (Fsp3) is 0.200. The smallest absolute Gasteiger partial charge is 0.416 e. The van der Waals surface area contributed by atoms with Gasteiger partial charge in [-0.25, -0.2) is 0 Å². The number of carbonyl (C=O) groups is 1. The van der Waals surface area contributed by atoms with Gasteiger partial charge in [-0.1, -0.05) is 24.3 Å². The van der Waals surface area contributed by atoms with Gasteiger partial charge in [0.05, 0.1) is 31.9 Å². The number of hydrogen-bond donors (Lipinski definition) is 1. The number of rotatable bonds is 8. The minimum atomic E-state index is -4.42. The second kappa shape index (κ2) is 10.5. The van der Waals surface area contributed by atoms with E-state index in [4.69, 9.17) is 9.47 Å². The van der Waals surface area contributed by atoms with Crippen LogP contribution in [-0.2, 0) is 19.3 Å². The standard InChI is InChI=1S/C25H22F3N5O3/c1-35-20-10-5-17(6-11-20)15-33-31-23(30-32-33)18-7-12-22(36-2)21(13-18)24(34)29-14-16-3-8-19(9-4-16)25(26,27)28/h3-13H,14-15H2,1-2H3,(H,29,34). The highest BCUT2D eigenvalue weighted by Crippen LogP contribution is 2.29. The van der Waals surface area contributed by atoms with Crippen molar-refractivity contribution in [2.75, 3.05) is 14.2 Å². The topological polar surface area (TPSA) is 91.2 Å². The van der Waals surface area contributed by atoms with Gasteiger partial charge in [-0.2, -0.15) is 18.0 Å². The summed E-state index contributed by atoms with van der Waals surface area (Å²) < 4.78 is 48.7. The van der Waals surface area contributed by atoms with Crippen molar-refractivity contribution in [1.82, 2.24) is 25.5 Å². The van der Waals surface area contributed by atoms with Gasteiger partial charge in [0.2, 0.25) is 5.82 Å². The second-order valence-electron chi connectivity index (χ2n) is 7.78. The van der Waals surface area contributed by atoms with Crippen molar-refractivity contribution in [3.63, 3.8) is 0 Å². The van der Waals surface area contributed by atoms with E-state index in [-0.39, 0.29) is 12.1 Å². The molecule has 0 fully saturated rings. The van der Waals surface area contributed by atoms with Crippen LogP contribution in [0.3, 0.4) is 0 Å². The summed E-state index contributed by atoms with van der Waals surface area (Å²) >= 11 is 0. The molecule has 3 aromatic carbocycles. The predicted octanol–water partition coefficient (Wildman–Crippen LogP) is 4.35. The third kappa shape index (κ3) is 5.80. The van der Waals surface area contributed by atoms with Crippen LogP contribution in [0.5, 0.6) is 11.5 Å². The van der Waals surface area contributed by atoms with Gasteiger partial charge in [-0.3, -0.25) is 4.79 Å². The number of tetrazole rings is 1. The molecule has 0 aliphatic rings. The van der Waals surface area contributed by atoms with Crippen LogP contribution < -0.4 is 14.8 Å². The number of methoxy groups -OCH3 is 2. The van der Waals surface area contributed by atoms with Gasteiger partial charge in [0.25, 0.3) is 5.91 Å². The minimum absolute atomic E-state index is 0.0423. The molecule has 11 heteroatoms. The van der Waals surface area contributed by atoms with Gasteiger partial charge in [0, 0.05) is 12.1 Å². The molecule has 1 aromatic heterocycles. The number of ether oxygens (including phenoxy) is 2. The van der Waals surface area contributed by atoms with E-state index in [2.05, 4.69) is 20.7 Å². The molecule has 0 atom stereocenters. The van der Waals surface area contributed by atoms with Crippen LogP contribution in [0.25, 0.3) is 11.4 Å². The number of aromatic nitrogens is 4. The maximum Gasteiger partial charge on any atom is 0.416 e. The molecular formula is C25H22F3N5O3. The van der Waals surface area contributed by atoms with Gasteiger partial charge < -0.3 is 14.8 Å². The van der Waals surface area contributed by atoms with E-state index in [9.17, 15) is 18.0 Å². The summed E-state index contributed by atoms with van der Waals surface area (Å²) in [5.74, 6) is 0.935. The Morgan fingerprint density at radius 1 is 0.944 bits per heavy atom. The maximum atomic E-state index is 12.9. The molecule has 8 nitrogen and oxygen atoms in total. The minimum Gasteiger partial charge on any atom is -0.497 e. The molecule has 0 spiro atoms. The molecule has 1 amide bonds. The zero-order valence-corrected chi connectivity index (χ0v) is 19.4. The zero-order chi connectivity index (χ0) is 25.7. The molecule has 0 unspecified atom stereocenters. The quantitative estimate of drug-likeness (QED) is 0.389. The summed E-state index contributed by atoms with van der Waals surface area (Å²) in [5.41, 5.74) is 1.51. The molecule has 36 heavy (non-hydrogen) atoms. The molecule has 0 saturated carbocycles. The van der Waals surface area contributed by atoms with Gasteiger partial charge in [-0.15, -0.1) is 10.2 Å². The van der Waals surface area contributed by atoms with E-state index in [0.717, 1.165) is 23.4 Å². The number of nitrogens with one attached hydrogen (secondary N) is 1. The second-order valence-corrected chi connectivity index (χ2v) is 7.78. The highest BCUT2D eigenvalue weighted by molar-refractivity contribution is 5.98. The van der Waals surface area contributed by atoms with Crippen molar-refractivity contribution in [2.24, 2.45) is 0 Å². The average molecular weight is 497 g/mol. The summed E-state index contributed by atoms with van der Waals surface area (Å²) in [5, 5.41) is 15.3. The van der Waals surface area contributed by atoms with Gasteiger partial charge in [0.1, 0.15) is 11.5 Å². The van der Waals surface area contributed by atoms with Crippen molar-refractivity contribution in [2.45, 2.75) is 19.3 Å². The van der Waals surface area contributed by atoms with E-state index < -0.39 is 17.6 Å². The molecule has 1 heterocycles. The van der Waals surface area contributed by atoms with Crippen LogP contribution >= 0.6 is 0 Å². The van der Waals surface area contributed by atoms with Crippen LogP contribution in [0.1, 0.15) is 27.0 Å². The van der Waals surface area contributed by atoms with Crippen molar-refractivity contribution in [3.8, 4) is 22.9 Å². The molecule has 4 aromatic rings. The van der Waals surface area contributed by atoms with Crippen molar-refractivity contribution in [1.29, 1.82) is 0 Å². The van der Waals surface area contributed by atoms with Crippen LogP contribution in [0.2, 0.25) is 0 Å². The Balaban J connectivity index is 1.47. The largest absolute Gasteiger partial charge is 0.497 e. The predicted molar refractivity (Wildman–Crippen MR) is 125 cm³/mol. The van der Waals surface area contributed by atoms with E-state index in [1.54, 1.807) is 25.3 Å². The highest BCUT2D eigenvalue weighted by atomic mass is 19.4. The summed E-state index contributed by atoms with van der Waals surface area (Å²) in [4.78, 5) is 14.3. The first-order valence-corrected chi connectivity index (χ1v) is 10.8. The SMILES string of the molecule is COc1ccc(Cn2nnc(-c3ccc(OC)c(C(=O)NCc4ccc(C(F)(F)F)cc4)c3)n2)cc1. The third-order valence-corrected chi connectivity index (χ3v) is 5.37. The average Bonchev–Trinajstić information content (AvgIpc) is 3.35. The Morgan fingerprint density at radius 3 is 2.28 bits per heavy atom. The lowest BCUT2D eigenvalue weighted by atomic mass is 10.1. The number of hydrogen-bond acceptors (Lipinski definition) is 6. The number of amides is 1. The fourth-order valence-corrected chi connectivity index (χ4v) is 3.43. The third-order valence-electron chi connectivity index (χ3n) is 5.37. The molecule has 4 rings (SSSR count). The molecule has 0 radical (unpaired) electrons. The van der Waals surface area contributed by atoms with Gasteiger partial charge in [-0.05, 0) is 58.8 Å². The number of carbonyl (C=O) groups excluding carboxylic acids is 1. The molecule has 186 valence electrons. The summed E-state index contributed by atoms with van der Waals surface area (Å²) in [6, 6.07) is 17.0. The summed E-state index contributed by atoms with van der Waals surface area (Å²) in [6.07, 6.45) is -4.42. The van der Waals surface area contributed by atoms with Crippen LogP contribution in [0, 0.1) is 0 Å². The van der Waals surface area contributed by atoms with Crippen LogP contribution in [0.4, 0.5) is 13.2 Å². The number of alkyl halides is 3. The number of halogens is 3. The number of benzene rings is 3. The Hall–Kier alpha value is -4.41. The lowest BCUT2D eigenvalue weighted by molar-refractivity contribution is -0.137. The van der Waals surface area contributed by atoms with E-state index >= 15 is 0 Å². The van der Waals surface area contributed by atoms with Crippen LogP contribution in [0.15, 0.2) is 66.7 Å². The van der Waals surface area contributed by atoms with Crippen molar-refractivity contribution >= 4 is 5.91 Å². The van der Waals surface area contributed by atoms with E-state index in [1.807, 2.05) is 24.3 Å². The molecule has 0 aliphatic heterocycles. The molecule has 1 N–H and O–H groups in total. The molecular weight excluding hydrogens is 475 g/mol. The Morgan fingerprint density at radius 2 is 1.64 bits per heavy atom. The first-order chi connectivity index (χ1) is 17.3. The molecule has 0 bridgehead atoms. The van der Waals surface area contributed by atoms with Crippen molar-refractivity contribution < 1.29 is 27.4 Å². The summed E-state index contributed by atoms with van der Waals surface area (Å²) in [6.45, 7) is 0.439. The van der Waals surface area contributed by atoms with Gasteiger partial charge >= 0.3 is 6.18 Å². The van der Waals surface area contributed by atoms with Crippen molar-refractivity contribution in [3.05, 3.63) is 89.0 Å². The van der Waals surface area contributed by atoms with Crippen LogP contribution in [-0.4, -0.2) is 40.3 Å². The summed E-state index contributed by atoms with van der Waals surface area (Å²) in [7, 11) is 3.03. The zero-order valence-electron chi connectivity index (χ0n) is 19.4. The Bertz CT molecular complexity index is 1340. The monoisotopic (exact) mass is 497 g/mol. The molecule has 0 aliphatic carbocycles. The van der Waals surface area contributed by atoms with Gasteiger partial charge in [0.15, 0.2) is 0 Å². The lowest BCUT2D eigenvalue weighted by Gasteiger charge is -2.11. The number of nitrogens with zero attached hydrogens (tertiary/aromatic N) is 4. The Labute approximate surface area is 204 Å². The fourth-order valence-electron chi connectivity index (χ4n) is 3.43. The maximum absolute atomic E-state index is 12.9. The highest BCUT2D eigenvalue weighted by Gasteiger charge is 2.29. The lowest BCUT2D eigenvalue weighted by Crippen LogP contribution is -2.23. The molecule has 0 saturated heterocycles. The van der Waals surface area contributed by atoms with E-state index in [1.165, 1.54) is 24.0 Å². The Kier molecular flexibility index (Phi) is 7.18. The van der Waals surface area contributed by atoms with E-state index in [0.29, 0.717) is 29.2 Å².